The fourth-order valence-electron chi connectivity index (χ4n) is 2.89. The molecule has 0 radical (unpaired) electrons. The summed E-state index contributed by atoms with van der Waals surface area (Å²) in [6.45, 7) is 5.30. The molecule has 0 aliphatic carbocycles. The van der Waals surface area contributed by atoms with Gasteiger partial charge in [0.15, 0.2) is 5.79 Å². The SMILES string of the molecule is C1COC2(CN3CCC2CC3)OC1. The first kappa shape index (κ1) is 8.21. The highest BCUT2D eigenvalue weighted by atomic mass is 16.7. The van der Waals surface area contributed by atoms with Crippen molar-refractivity contribution in [3.05, 3.63) is 0 Å². The van der Waals surface area contributed by atoms with E-state index in [0.717, 1.165) is 26.2 Å². The van der Waals surface area contributed by atoms with E-state index >= 15 is 0 Å². The molecule has 3 heteroatoms. The van der Waals surface area contributed by atoms with Crippen LogP contribution in [0.4, 0.5) is 0 Å². The second-order valence-electron chi connectivity index (χ2n) is 4.41. The van der Waals surface area contributed by atoms with Crippen LogP contribution in [0.2, 0.25) is 0 Å². The van der Waals surface area contributed by atoms with Crippen LogP contribution < -0.4 is 0 Å². The summed E-state index contributed by atoms with van der Waals surface area (Å²) < 4.78 is 11.8. The number of nitrogens with zero attached hydrogens (tertiary/aromatic N) is 1. The Balaban J connectivity index is 1.81. The van der Waals surface area contributed by atoms with Gasteiger partial charge in [-0.2, -0.15) is 0 Å². The first-order valence-electron chi connectivity index (χ1n) is 5.39. The van der Waals surface area contributed by atoms with E-state index < -0.39 is 0 Å². The predicted octanol–water partition coefficient (Wildman–Crippen LogP) is 0.845. The van der Waals surface area contributed by atoms with Gasteiger partial charge in [0.05, 0.1) is 19.8 Å². The molecule has 4 heterocycles. The quantitative estimate of drug-likeness (QED) is 0.555. The van der Waals surface area contributed by atoms with Crippen molar-refractivity contribution in [2.24, 2.45) is 5.92 Å². The first-order chi connectivity index (χ1) is 6.39. The summed E-state index contributed by atoms with van der Waals surface area (Å²) in [6, 6.07) is 0. The number of hydrogen-bond donors (Lipinski definition) is 0. The van der Waals surface area contributed by atoms with Crippen LogP contribution in [0.1, 0.15) is 19.3 Å². The van der Waals surface area contributed by atoms with E-state index in [1.165, 1.54) is 25.9 Å². The van der Waals surface area contributed by atoms with Crippen LogP contribution in [0.15, 0.2) is 0 Å². The summed E-state index contributed by atoms with van der Waals surface area (Å²) in [7, 11) is 0. The minimum atomic E-state index is -0.200. The van der Waals surface area contributed by atoms with Crippen molar-refractivity contribution in [3.63, 3.8) is 0 Å². The molecule has 3 nitrogen and oxygen atoms in total. The normalized spacial score (nSPS) is 42.5. The minimum Gasteiger partial charge on any atom is -0.348 e. The fraction of sp³-hybridized carbons (Fsp3) is 1.00. The zero-order valence-electron chi connectivity index (χ0n) is 8.00. The maximum atomic E-state index is 5.88. The monoisotopic (exact) mass is 183 g/mol. The van der Waals surface area contributed by atoms with Crippen LogP contribution >= 0.6 is 0 Å². The van der Waals surface area contributed by atoms with Gasteiger partial charge in [0, 0.05) is 5.92 Å². The summed E-state index contributed by atoms with van der Waals surface area (Å²) in [5, 5.41) is 0. The molecule has 4 rings (SSSR count). The fourth-order valence-corrected chi connectivity index (χ4v) is 2.89. The second kappa shape index (κ2) is 2.94. The number of fused-ring (bicyclic) bond motifs is 2. The van der Waals surface area contributed by atoms with Crippen LogP contribution in [0.25, 0.3) is 0 Å². The van der Waals surface area contributed by atoms with E-state index in [2.05, 4.69) is 4.90 Å². The molecular formula is C10H17NO2. The molecule has 4 aliphatic heterocycles. The van der Waals surface area contributed by atoms with Gasteiger partial charge in [-0.3, -0.25) is 4.90 Å². The Morgan fingerprint density at radius 2 is 1.77 bits per heavy atom. The van der Waals surface area contributed by atoms with Gasteiger partial charge >= 0.3 is 0 Å². The largest absolute Gasteiger partial charge is 0.348 e. The van der Waals surface area contributed by atoms with Gasteiger partial charge in [-0.1, -0.05) is 0 Å². The van der Waals surface area contributed by atoms with Crippen molar-refractivity contribution in [2.75, 3.05) is 32.8 Å². The highest BCUT2D eigenvalue weighted by Gasteiger charge is 2.49. The van der Waals surface area contributed by atoms with E-state index in [1.54, 1.807) is 0 Å². The molecule has 0 unspecified atom stereocenters. The Morgan fingerprint density at radius 1 is 1.08 bits per heavy atom. The molecular weight excluding hydrogens is 166 g/mol. The number of hydrogen-bond acceptors (Lipinski definition) is 3. The molecule has 4 aliphatic rings. The van der Waals surface area contributed by atoms with Crippen molar-refractivity contribution in [1.82, 2.24) is 4.90 Å². The third-order valence-electron chi connectivity index (χ3n) is 3.64. The zero-order chi connectivity index (χ0) is 8.73. The zero-order valence-corrected chi connectivity index (χ0v) is 8.00. The Bertz CT molecular complexity index is 193. The lowest BCUT2D eigenvalue weighted by atomic mass is 9.82. The van der Waals surface area contributed by atoms with Gasteiger partial charge in [0.1, 0.15) is 0 Å². The van der Waals surface area contributed by atoms with Crippen LogP contribution in [-0.2, 0) is 9.47 Å². The highest BCUT2D eigenvalue weighted by molar-refractivity contribution is 4.94. The number of rotatable bonds is 0. The molecule has 74 valence electrons. The summed E-state index contributed by atoms with van der Waals surface area (Å²) in [5.74, 6) is 0.465. The standard InChI is InChI=1S/C10H17NO2/c1-6-12-10(13-7-1)8-11-4-2-9(10)3-5-11/h9H,1-8H2. The minimum absolute atomic E-state index is 0.200. The molecule has 4 fully saturated rings. The predicted molar refractivity (Wildman–Crippen MR) is 48.4 cm³/mol. The highest BCUT2D eigenvalue weighted by Crippen LogP contribution is 2.40. The number of piperidine rings is 3. The van der Waals surface area contributed by atoms with Gasteiger partial charge in [-0.25, -0.2) is 0 Å². The van der Waals surface area contributed by atoms with Crippen LogP contribution in [0, 0.1) is 5.92 Å². The number of ether oxygens (including phenoxy) is 2. The third kappa shape index (κ3) is 1.22. The Labute approximate surface area is 79.0 Å². The average molecular weight is 183 g/mol. The Hall–Kier alpha value is -0.120. The molecule has 4 saturated heterocycles. The molecule has 0 aromatic carbocycles. The Kier molecular flexibility index (Phi) is 1.86. The van der Waals surface area contributed by atoms with Crippen molar-refractivity contribution >= 4 is 0 Å². The maximum absolute atomic E-state index is 5.88. The van der Waals surface area contributed by atoms with Crippen LogP contribution in [-0.4, -0.2) is 43.5 Å². The van der Waals surface area contributed by atoms with Gasteiger partial charge in [-0.15, -0.1) is 0 Å². The molecule has 2 bridgehead atoms. The van der Waals surface area contributed by atoms with Crippen LogP contribution in [0.5, 0.6) is 0 Å². The Morgan fingerprint density at radius 3 is 2.31 bits per heavy atom. The van der Waals surface area contributed by atoms with E-state index in [0.29, 0.717) is 5.92 Å². The van der Waals surface area contributed by atoms with Crippen molar-refractivity contribution in [3.8, 4) is 0 Å². The molecule has 13 heavy (non-hydrogen) atoms. The molecule has 0 saturated carbocycles. The third-order valence-corrected chi connectivity index (χ3v) is 3.64. The average Bonchev–Trinajstić information content (AvgIpc) is 2.20. The van der Waals surface area contributed by atoms with E-state index in [1.807, 2.05) is 0 Å². The topological polar surface area (TPSA) is 21.7 Å². The lowest BCUT2D eigenvalue weighted by molar-refractivity contribution is -0.323. The molecule has 0 atom stereocenters. The maximum Gasteiger partial charge on any atom is 0.183 e. The molecule has 0 N–H and O–H groups in total. The van der Waals surface area contributed by atoms with E-state index in [9.17, 15) is 0 Å². The second-order valence-corrected chi connectivity index (χ2v) is 4.41. The van der Waals surface area contributed by atoms with E-state index in [-0.39, 0.29) is 5.79 Å². The van der Waals surface area contributed by atoms with Gasteiger partial charge < -0.3 is 9.47 Å². The summed E-state index contributed by atoms with van der Waals surface area (Å²) in [6.07, 6.45) is 3.59. The lowest BCUT2D eigenvalue weighted by Gasteiger charge is -2.53. The van der Waals surface area contributed by atoms with E-state index in [4.69, 9.17) is 9.47 Å². The smallest absolute Gasteiger partial charge is 0.183 e. The first-order valence-corrected chi connectivity index (χ1v) is 5.39. The summed E-state index contributed by atoms with van der Waals surface area (Å²) in [4.78, 5) is 2.48. The molecule has 1 spiro atoms. The van der Waals surface area contributed by atoms with Gasteiger partial charge in [0.25, 0.3) is 0 Å². The van der Waals surface area contributed by atoms with Gasteiger partial charge in [-0.05, 0) is 32.4 Å². The molecule has 0 aromatic rings. The summed E-state index contributed by atoms with van der Waals surface area (Å²) >= 11 is 0. The molecule has 0 aromatic heterocycles. The lowest BCUT2D eigenvalue weighted by Crippen LogP contribution is -2.63. The summed E-state index contributed by atoms with van der Waals surface area (Å²) in [5.41, 5.74) is 0. The molecule has 0 amide bonds. The van der Waals surface area contributed by atoms with Gasteiger partial charge in [0.2, 0.25) is 0 Å². The van der Waals surface area contributed by atoms with Crippen LogP contribution in [0.3, 0.4) is 0 Å². The van der Waals surface area contributed by atoms with Crippen molar-refractivity contribution in [2.45, 2.75) is 25.0 Å². The van der Waals surface area contributed by atoms with Crippen molar-refractivity contribution in [1.29, 1.82) is 0 Å². The van der Waals surface area contributed by atoms with Crippen molar-refractivity contribution < 1.29 is 9.47 Å².